The van der Waals surface area contributed by atoms with E-state index in [1.807, 2.05) is 0 Å². The minimum Gasteiger partial charge on any atom is -0.480 e. The highest BCUT2D eigenvalue weighted by molar-refractivity contribution is 6.30. The summed E-state index contributed by atoms with van der Waals surface area (Å²) in [5.41, 5.74) is 0.0102. The zero-order valence-electron chi connectivity index (χ0n) is 9.08. The lowest BCUT2D eigenvalue weighted by Gasteiger charge is -2.41. The molecule has 0 atom stereocenters. The largest absolute Gasteiger partial charge is 0.480 e. The Balaban J connectivity index is 2.22. The molecular weight excluding hydrogens is 247 g/mol. The highest BCUT2D eigenvalue weighted by Crippen LogP contribution is 2.45. The molecule has 0 bridgehead atoms. The van der Waals surface area contributed by atoms with Crippen molar-refractivity contribution in [3.05, 3.63) is 34.6 Å². The number of carboxylic acid groups (broad SMARTS) is 1. The Hall–Kier alpha value is -1.13. The predicted octanol–water partition coefficient (Wildman–Crippen LogP) is 2.96. The zero-order chi connectivity index (χ0) is 12.5. The third kappa shape index (κ3) is 2.42. The normalized spacial score (nSPS) is 17.5. The molecule has 0 amide bonds. The number of hydrogen-bond donors (Lipinski definition) is 1. The molecule has 1 N–H and O–H groups in total. The van der Waals surface area contributed by atoms with Crippen LogP contribution in [0.25, 0.3) is 0 Å². The second kappa shape index (κ2) is 4.63. The van der Waals surface area contributed by atoms with Gasteiger partial charge in [0, 0.05) is 0 Å². The van der Waals surface area contributed by atoms with Gasteiger partial charge in [0.15, 0.2) is 0 Å². The van der Waals surface area contributed by atoms with Gasteiger partial charge in [-0.1, -0.05) is 17.7 Å². The fraction of sp³-hybridized carbons (Fsp3) is 0.417. The van der Waals surface area contributed by atoms with Crippen LogP contribution in [0.5, 0.6) is 0 Å². The van der Waals surface area contributed by atoms with Gasteiger partial charge in [0.2, 0.25) is 0 Å². The van der Waals surface area contributed by atoms with Crippen LogP contribution in [-0.4, -0.2) is 17.7 Å². The van der Waals surface area contributed by atoms with E-state index in [0.717, 1.165) is 6.42 Å². The van der Waals surface area contributed by atoms with Gasteiger partial charge in [-0.15, -0.1) is 0 Å². The minimum absolute atomic E-state index is 0.0569. The summed E-state index contributed by atoms with van der Waals surface area (Å²) in [4.78, 5) is 10.5. The molecule has 0 heterocycles. The summed E-state index contributed by atoms with van der Waals surface area (Å²) in [7, 11) is 0. The molecule has 2 rings (SSSR count). The molecular formula is C12H12ClFO3. The van der Waals surface area contributed by atoms with Gasteiger partial charge in [-0.25, -0.2) is 9.18 Å². The topological polar surface area (TPSA) is 46.5 Å². The van der Waals surface area contributed by atoms with E-state index >= 15 is 0 Å². The number of carbonyl (C=O) groups is 1. The lowest BCUT2D eigenvalue weighted by atomic mass is 9.75. The Kier molecular flexibility index (Phi) is 3.35. The molecule has 1 aromatic carbocycles. The first-order chi connectivity index (χ1) is 8.03. The number of halogens is 2. The summed E-state index contributed by atoms with van der Waals surface area (Å²) in [6.45, 7) is -0.371. The molecule has 0 aromatic heterocycles. The van der Waals surface area contributed by atoms with Crippen molar-refractivity contribution in [2.45, 2.75) is 24.9 Å². The van der Waals surface area contributed by atoms with Gasteiger partial charge in [0.05, 0.1) is 10.6 Å². The van der Waals surface area contributed by atoms with E-state index in [2.05, 4.69) is 0 Å². The van der Waals surface area contributed by atoms with Crippen LogP contribution in [0.15, 0.2) is 18.2 Å². The van der Waals surface area contributed by atoms with Crippen LogP contribution in [0.4, 0.5) is 4.39 Å². The summed E-state index contributed by atoms with van der Waals surface area (Å²) >= 11 is 5.61. The molecule has 0 spiro atoms. The standard InChI is InChI=1S/C12H12ClFO3/c13-9-3-2-8(6-10(9)14)12(4-1-5-12)17-7-11(15)16/h2-3,6H,1,4-5,7H2,(H,15,16). The number of aliphatic carboxylic acids is 1. The van der Waals surface area contributed by atoms with Crippen molar-refractivity contribution in [2.75, 3.05) is 6.61 Å². The Labute approximate surface area is 103 Å². The quantitative estimate of drug-likeness (QED) is 0.903. The third-order valence-electron chi connectivity index (χ3n) is 3.08. The minimum atomic E-state index is -1.02. The molecule has 17 heavy (non-hydrogen) atoms. The molecule has 5 heteroatoms. The van der Waals surface area contributed by atoms with Crippen LogP contribution in [0, 0.1) is 5.82 Å². The Morgan fingerprint density at radius 2 is 2.24 bits per heavy atom. The van der Waals surface area contributed by atoms with Crippen molar-refractivity contribution in [3.8, 4) is 0 Å². The van der Waals surface area contributed by atoms with E-state index in [1.54, 1.807) is 6.07 Å². The van der Waals surface area contributed by atoms with E-state index in [4.69, 9.17) is 21.4 Å². The highest BCUT2D eigenvalue weighted by Gasteiger charge is 2.40. The second-order valence-corrected chi connectivity index (χ2v) is 4.57. The molecule has 0 unspecified atom stereocenters. The Bertz CT molecular complexity index is 443. The van der Waals surface area contributed by atoms with Gasteiger partial charge in [-0.2, -0.15) is 0 Å². The maximum Gasteiger partial charge on any atom is 0.329 e. The fourth-order valence-electron chi connectivity index (χ4n) is 1.99. The summed E-state index contributed by atoms with van der Waals surface area (Å²) in [6, 6.07) is 4.48. The maximum atomic E-state index is 13.4. The lowest BCUT2D eigenvalue weighted by Crippen LogP contribution is -2.38. The molecule has 0 aliphatic heterocycles. The summed E-state index contributed by atoms with van der Waals surface area (Å²) < 4.78 is 18.8. The first kappa shape index (κ1) is 12.3. The van der Waals surface area contributed by atoms with E-state index in [1.165, 1.54) is 12.1 Å². The number of ether oxygens (including phenoxy) is 1. The van der Waals surface area contributed by atoms with Gasteiger partial charge in [-0.3, -0.25) is 0 Å². The molecule has 1 saturated carbocycles. The van der Waals surface area contributed by atoms with Crippen LogP contribution < -0.4 is 0 Å². The number of carboxylic acids is 1. The third-order valence-corrected chi connectivity index (χ3v) is 3.39. The zero-order valence-corrected chi connectivity index (χ0v) is 9.84. The molecule has 1 aromatic rings. The van der Waals surface area contributed by atoms with Crippen LogP contribution in [-0.2, 0) is 15.1 Å². The van der Waals surface area contributed by atoms with Gasteiger partial charge in [-0.05, 0) is 37.0 Å². The SMILES string of the molecule is O=C(O)COC1(c2ccc(Cl)c(F)c2)CCC1. The predicted molar refractivity (Wildman–Crippen MR) is 60.5 cm³/mol. The van der Waals surface area contributed by atoms with Crippen LogP contribution in [0.3, 0.4) is 0 Å². The average molecular weight is 259 g/mol. The van der Waals surface area contributed by atoms with E-state index < -0.39 is 17.4 Å². The molecule has 1 aliphatic rings. The average Bonchev–Trinajstić information content (AvgIpc) is 2.21. The van der Waals surface area contributed by atoms with Crippen LogP contribution in [0.2, 0.25) is 5.02 Å². The molecule has 1 aliphatic carbocycles. The Morgan fingerprint density at radius 3 is 2.71 bits per heavy atom. The highest BCUT2D eigenvalue weighted by atomic mass is 35.5. The Morgan fingerprint density at radius 1 is 1.53 bits per heavy atom. The number of rotatable bonds is 4. The number of hydrogen-bond acceptors (Lipinski definition) is 2. The second-order valence-electron chi connectivity index (χ2n) is 4.16. The smallest absolute Gasteiger partial charge is 0.329 e. The molecule has 1 fully saturated rings. The van der Waals surface area contributed by atoms with E-state index in [-0.39, 0.29) is 11.6 Å². The van der Waals surface area contributed by atoms with Gasteiger partial charge >= 0.3 is 5.97 Å². The van der Waals surface area contributed by atoms with E-state index in [0.29, 0.717) is 18.4 Å². The monoisotopic (exact) mass is 258 g/mol. The summed E-state index contributed by atoms with van der Waals surface area (Å²) in [5, 5.41) is 8.68. The first-order valence-corrected chi connectivity index (χ1v) is 5.73. The van der Waals surface area contributed by atoms with Crippen LogP contribution >= 0.6 is 11.6 Å². The van der Waals surface area contributed by atoms with Crippen molar-refractivity contribution in [1.82, 2.24) is 0 Å². The lowest BCUT2D eigenvalue weighted by molar-refractivity contribution is -0.159. The number of benzene rings is 1. The van der Waals surface area contributed by atoms with E-state index in [9.17, 15) is 9.18 Å². The van der Waals surface area contributed by atoms with Crippen molar-refractivity contribution in [3.63, 3.8) is 0 Å². The first-order valence-electron chi connectivity index (χ1n) is 5.35. The van der Waals surface area contributed by atoms with Crippen molar-refractivity contribution in [1.29, 1.82) is 0 Å². The summed E-state index contributed by atoms with van der Waals surface area (Å²) in [6.07, 6.45) is 2.37. The maximum absolute atomic E-state index is 13.4. The van der Waals surface area contributed by atoms with Gasteiger partial charge < -0.3 is 9.84 Å². The van der Waals surface area contributed by atoms with Crippen molar-refractivity contribution in [2.24, 2.45) is 0 Å². The molecule has 0 radical (unpaired) electrons. The van der Waals surface area contributed by atoms with Crippen molar-refractivity contribution < 1.29 is 19.0 Å². The van der Waals surface area contributed by atoms with Crippen LogP contribution in [0.1, 0.15) is 24.8 Å². The molecule has 0 saturated heterocycles. The fourth-order valence-corrected chi connectivity index (χ4v) is 2.11. The molecule has 92 valence electrons. The summed E-state index contributed by atoms with van der Waals surface area (Å²) in [5.74, 6) is -1.53. The van der Waals surface area contributed by atoms with Gasteiger partial charge in [0.1, 0.15) is 12.4 Å². The van der Waals surface area contributed by atoms with Gasteiger partial charge in [0.25, 0.3) is 0 Å². The molecule has 3 nitrogen and oxygen atoms in total. The van der Waals surface area contributed by atoms with Crippen molar-refractivity contribution >= 4 is 17.6 Å².